The van der Waals surface area contributed by atoms with Gasteiger partial charge in [-0.15, -0.1) is 0 Å². The number of aromatic hydroxyl groups is 1. The van der Waals surface area contributed by atoms with Crippen LogP contribution in [-0.2, 0) is 26.0 Å². The number of hydrogen-bond donors (Lipinski definition) is 2. The minimum absolute atomic E-state index is 0.109. The molecule has 0 atom stereocenters. The second kappa shape index (κ2) is 9.96. The third kappa shape index (κ3) is 6.26. The van der Waals surface area contributed by atoms with Crippen LogP contribution in [0.15, 0.2) is 27.4 Å². The summed E-state index contributed by atoms with van der Waals surface area (Å²) in [7, 11) is -3.34. The molecule has 0 spiro atoms. The Balaban J connectivity index is 0.000000758. The third-order valence-corrected chi connectivity index (χ3v) is 4.77. The summed E-state index contributed by atoms with van der Waals surface area (Å²) in [6.07, 6.45) is 2.04. The Morgan fingerprint density at radius 3 is 2.62 bits per heavy atom. The zero-order chi connectivity index (χ0) is 19.3. The fourth-order valence-electron chi connectivity index (χ4n) is 2.97. The van der Waals surface area contributed by atoms with Crippen LogP contribution in [0.1, 0.15) is 18.4 Å². The van der Waals surface area contributed by atoms with Crippen molar-refractivity contribution in [2.75, 3.05) is 23.7 Å². The molecule has 0 saturated carbocycles. The van der Waals surface area contributed by atoms with Crippen molar-refractivity contribution < 1.29 is 32.0 Å². The van der Waals surface area contributed by atoms with E-state index in [1.807, 2.05) is 4.90 Å². The van der Waals surface area contributed by atoms with Gasteiger partial charge in [0.25, 0.3) is 10.1 Å². The predicted octanol–water partition coefficient (Wildman–Crippen LogP) is 3.30. The van der Waals surface area contributed by atoms with E-state index in [0.29, 0.717) is 33.4 Å². The van der Waals surface area contributed by atoms with Crippen LogP contribution in [0.25, 0.3) is 11.0 Å². The third-order valence-electron chi connectivity index (χ3n) is 3.97. The molecular formula is C15H17I2NO6SV. The molecule has 0 radical (unpaired) electrons. The first-order chi connectivity index (χ1) is 12.2. The average molecular weight is 644 g/mol. The molecule has 2 aromatic rings. The van der Waals surface area contributed by atoms with Crippen LogP contribution in [0.4, 0.5) is 5.69 Å². The summed E-state index contributed by atoms with van der Waals surface area (Å²) in [5, 5.41) is 10.4. The molecule has 0 bridgehead atoms. The number of anilines is 1. The van der Waals surface area contributed by atoms with Gasteiger partial charge in [0, 0.05) is 24.8 Å². The maximum atomic E-state index is 11.4. The van der Waals surface area contributed by atoms with Gasteiger partial charge >= 0.3 is 55.0 Å². The van der Waals surface area contributed by atoms with Gasteiger partial charge in [0.15, 0.2) is 0 Å². The Morgan fingerprint density at radius 2 is 1.96 bits per heavy atom. The second-order valence-electron chi connectivity index (χ2n) is 5.72. The van der Waals surface area contributed by atoms with Crippen molar-refractivity contribution in [1.82, 2.24) is 0 Å². The van der Waals surface area contributed by atoms with Crippen molar-refractivity contribution in [3.8, 4) is 5.75 Å². The van der Waals surface area contributed by atoms with E-state index in [1.165, 1.54) is 0 Å². The molecule has 1 aromatic heterocycles. The summed E-state index contributed by atoms with van der Waals surface area (Å²) in [6, 6.07) is 4.55. The fraction of sp³-hybridized carbons (Fsp3) is 0.400. The Kier molecular flexibility index (Phi) is 8.53. The van der Waals surface area contributed by atoms with Crippen LogP contribution in [-0.4, -0.2) is 36.9 Å². The standard InChI is InChI=1S/C15H17NO6S.2HI.V/c17-13-9-15(18)22-14-8-12-10(7-11(13)14)3-1-4-16(12)5-2-6-23(19,20)21;;;/h7-9,17H,1-6H2,(H,19,20,21);2*1H;/q;;;+2/p-2. The van der Waals surface area contributed by atoms with E-state index in [2.05, 4.69) is 40.0 Å². The van der Waals surface area contributed by atoms with Crippen molar-refractivity contribution in [1.29, 1.82) is 0 Å². The Morgan fingerprint density at radius 1 is 1.27 bits per heavy atom. The summed E-state index contributed by atoms with van der Waals surface area (Å²) < 4.78 is 35.6. The number of benzene rings is 1. The molecule has 3 rings (SSSR count). The molecule has 11 heteroatoms. The summed E-state index contributed by atoms with van der Waals surface area (Å²) in [5.74, 6) is -0.398. The van der Waals surface area contributed by atoms with Gasteiger partial charge in [0.05, 0.1) is 17.2 Å². The number of nitrogens with zero attached hydrogens (tertiary/aromatic N) is 1. The molecule has 0 unspecified atom stereocenters. The maximum absolute atomic E-state index is 11.4. The molecule has 0 fully saturated rings. The quantitative estimate of drug-likeness (QED) is 0.299. The minimum atomic E-state index is -3.97. The molecule has 0 aliphatic carbocycles. The number of rotatable bonds is 4. The number of aryl methyl sites for hydroxylation is 1. The van der Waals surface area contributed by atoms with Gasteiger partial charge in [-0.05, 0) is 30.9 Å². The van der Waals surface area contributed by atoms with E-state index in [1.54, 1.807) is 12.1 Å². The zero-order valence-electron chi connectivity index (χ0n) is 13.6. The SMILES string of the molecule is O=c1cc(O)c2cc3c(cc2o1)N(CCCS(=O)(=O)O)CCC3.[I][V][I]. The molecule has 2 heterocycles. The zero-order valence-corrected chi connectivity index (χ0v) is 20.1. The Bertz CT molecular complexity index is 934. The summed E-state index contributed by atoms with van der Waals surface area (Å²) >= 11 is 4.74. The van der Waals surface area contributed by atoms with E-state index in [9.17, 15) is 18.3 Å². The van der Waals surface area contributed by atoms with E-state index in [0.717, 1.165) is 36.7 Å². The summed E-state index contributed by atoms with van der Waals surface area (Å²) in [5.41, 5.74) is 1.56. The van der Waals surface area contributed by atoms with E-state index >= 15 is 0 Å². The van der Waals surface area contributed by atoms with Gasteiger partial charge in [-0.1, -0.05) is 0 Å². The number of halogens is 2. The molecule has 26 heavy (non-hydrogen) atoms. The van der Waals surface area contributed by atoms with Gasteiger partial charge in [-0.2, -0.15) is 8.42 Å². The van der Waals surface area contributed by atoms with Gasteiger partial charge in [0.1, 0.15) is 11.3 Å². The first-order valence-corrected chi connectivity index (χ1v) is 18.3. The second-order valence-corrected chi connectivity index (χ2v) is 19.1. The molecule has 7 nitrogen and oxygen atoms in total. The molecule has 1 aromatic carbocycles. The van der Waals surface area contributed by atoms with Crippen LogP contribution >= 0.6 is 40.0 Å². The van der Waals surface area contributed by atoms with Crippen LogP contribution in [0.5, 0.6) is 5.75 Å². The first-order valence-electron chi connectivity index (χ1n) is 7.67. The van der Waals surface area contributed by atoms with Crippen molar-refractivity contribution >= 4 is 66.7 Å². The van der Waals surface area contributed by atoms with Crippen LogP contribution in [0.2, 0.25) is 0 Å². The molecule has 143 valence electrons. The van der Waals surface area contributed by atoms with Crippen molar-refractivity contribution in [3.63, 3.8) is 0 Å². The molecular weight excluding hydrogens is 627 g/mol. The molecule has 2 N–H and O–H groups in total. The first kappa shape index (κ1) is 22.3. The van der Waals surface area contributed by atoms with Crippen molar-refractivity contribution in [2.24, 2.45) is 0 Å². The van der Waals surface area contributed by atoms with Crippen LogP contribution < -0.4 is 10.5 Å². The van der Waals surface area contributed by atoms with E-state index < -0.39 is 15.7 Å². The van der Waals surface area contributed by atoms with E-state index in [4.69, 9.17) is 8.97 Å². The van der Waals surface area contributed by atoms with Crippen molar-refractivity contribution in [2.45, 2.75) is 19.3 Å². The van der Waals surface area contributed by atoms with E-state index in [-0.39, 0.29) is 11.5 Å². The molecule has 1 aliphatic heterocycles. The topological polar surface area (TPSA) is 108 Å². The molecule has 0 amide bonds. The Labute approximate surface area is 180 Å². The average Bonchev–Trinajstić information content (AvgIpc) is 2.53. The van der Waals surface area contributed by atoms with Gasteiger partial charge in [-0.25, -0.2) is 4.79 Å². The summed E-state index contributed by atoms with van der Waals surface area (Å²) in [4.78, 5) is 13.4. The summed E-state index contributed by atoms with van der Waals surface area (Å²) in [6.45, 7) is 1.23. The van der Waals surface area contributed by atoms with Gasteiger partial charge in [-0.3, -0.25) is 4.55 Å². The molecule has 0 saturated heterocycles. The normalized spacial score (nSPS) is 13.7. The molecule has 1 aliphatic rings. The Hall–Kier alpha value is -0.0156. The van der Waals surface area contributed by atoms with Crippen LogP contribution in [0.3, 0.4) is 0 Å². The number of hydrogen-bond acceptors (Lipinski definition) is 6. The van der Waals surface area contributed by atoms with Crippen molar-refractivity contribution in [3.05, 3.63) is 34.2 Å². The van der Waals surface area contributed by atoms with Crippen LogP contribution in [0, 0.1) is 0 Å². The van der Waals surface area contributed by atoms with Gasteiger partial charge in [0.2, 0.25) is 0 Å². The monoisotopic (exact) mass is 644 g/mol. The predicted molar refractivity (Wildman–Crippen MR) is 114 cm³/mol. The van der Waals surface area contributed by atoms with Gasteiger partial charge < -0.3 is 14.4 Å². The number of fused-ring (bicyclic) bond motifs is 2. The fourth-order valence-corrected chi connectivity index (χ4v) is 3.47.